The molecule has 0 bridgehead atoms. The van der Waals surface area contributed by atoms with Crippen LogP contribution in [-0.2, 0) is 14.8 Å². The Labute approximate surface area is 165 Å². The van der Waals surface area contributed by atoms with E-state index in [-0.39, 0.29) is 19.1 Å². The van der Waals surface area contributed by atoms with Gasteiger partial charge < -0.3 is 10.1 Å². The van der Waals surface area contributed by atoms with E-state index in [2.05, 4.69) is 5.32 Å². The summed E-state index contributed by atoms with van der Waals surface area (Å²) in [5.41, 5.74) is 0.393. The molecular formula is C19H23ClN2O4S. The molecule has 2 aromatic carbocycles. The van der Waals surface area contributed by atoms with Crippen molar-refractivity contribution < 1.29 is 17.9 Å². The average molecular weight is 411 g/mol. The third kappa shape index (κ3) is 6.15. The van der Waals surface area contributed by atoms with Crippen molar-refractivity contribution in [2.75, 3.05) is 23.7 Å². The van der Waals surface area contributed by atoms with E-state index < -0.39 is 16.1 Å². The normalized spacial score (nSPS) is 12.3. The summed E-state index contributed by atoms with van der Waals surface area (Å²) in [5, 5.41) is 3.23. The van der Waals surface area contributed by atoms with Gasteiger partial charge in [-0.15, -0.1) is 0 Å². The first-order valence-electron chi connectivity index (χ1n) is 8.53. The molecule has 0 aliphatic heterocycles. The fourth-order valence-electron chi connectivity index (χ4n) is 2.63. The van der Waals surface area contributed by atoms with E-state index in [1.54, 1.807) is 31.2 Å². The second-order valence-electron chi connectivity index (χ2n) is 5.91. The number of amides is 1. The van der Waals surface area contributed by atoms with Crippen molar-refractivity contribution >= 4 is 33.2 Å². The molecule has 0 radical (unpaired) electrons. The number of nitrogens with one attached hydrogen (secondary N) is 1. The quantitative estimate of drug-likeness (QED) is 0.644. The van der Waals surface area contributed by atoms with Crippen LogP contribution >= 0.6 is 11.6 Å². The minimum absolute atomic E-state index is 0.266. The van der Waals surface area contributed by atoms with Crippen LogP contribution in [0.3, 0.4) is 0 Å². The van der Waals surface area contributed by atoms with Gasteiger partial charge in [0, 0.05) is 5.02 Å². The van der Waals surface area contributed by atoms with Gasteiger partial charge in [0.15, 0.2) is 0 Å². The first-order chi connectivity index (χ1) is 12.8. The van der Waals surface area contributed by atoms with Gasteiger partial charge >= 0.3 is 0 Å². The zero-order chi connectivity index (χ0) is 19.9. The predicted molar refractivity (Wildman–Crippen MR) is 108 cm³/mol. The number of sulfonamides is 1. The number of nitrogens with zero attached hydrogens (tertiary/aromatic N) is 1. The molecule has 1 N–H and O–H groups in total. The van der Waals surface area contributed by atoms with Crippen molar-refractivity contribution in [1.29, 1.82) is 0 Å². The molecule has 0 aliphatic rings. The highest BCUT2D eigenvalue weighted by Crippen LogP contribution is 2.24. The van der Waals surface area contributed by atoms with Gasteiger partial charge in [0.1, 0.15) is 18.4 Å². The molecule has 6 nitrogen and oxygen atoms in total. The Morgan fingerprint density at radius 2 is 1.78 bits per heavy atom. The van der Waals surface area contributed by atoms with Crippen LogP contribution in [0.15, 0.2) is 54.6 Å². The van der Waals surface area contributed by atoms with E-state index in [4.69, 9.17) is 16.3 Å². The molecule has 2 aromatic rings. The fraction of sp³-hybridized carbons (Fsp3) is 0.316. The number of carbonyl (C=O) groups excluding carboxylic acids is 1. The Morgan fingerprint density at radius 1 is 1.15 bits per heavy atom. The summed E-state index contributed by atoms with van der Waals surface area (Å²) >= 11 is 5.88. The van der Waals surface area contributed by atoms with Gasteiger partial charge in [0.25, 0.3) is 0 Å². The summed E-state index contributed by atoms with van der Waals surface area (Å²) in [6.07, 6.45) is 1.40. The summed E-state index contributed by atoms with van der Waals surface area (Å²) in [6, 6.07) is 14.7. The maximum Gasteiger partial charge on any atom is 0.244 e. The second-order valence-corrected chi connectivity index (χ2v) is 8.21. The molecule has 146 valence electrons. The predicted octanol–water partition coefficient (Wildman–Crippen LogP) is 3.08. The molecule has 8 heteroatoms. The molecule has 0 saturated carbocycles. The first-order valence-corrected chi connectivity index (χ1v) is 10.8. The van der Waals surface area contributed by atoms with Crippen LogP contribution in [0.4, 0.5) is 5.69 Å². The Morgan fingerprint density at radius 3 is 2.33 bits per heavy atom. The summed E-state index contributed by atoms with van der Waals surface area (Å²) < 4.78 is 31.3. The average Bonchev–Trinajstić information content (AvgIpc) is 2.64. The summed E-state index contributed by atoms with van der Waals surface area (Å²) in [4.78, 5) is 12.6. The lowest BCUT2D eigenvalue weighted by Crippen LogP contribution is -2.50. The number of hydrogen-bond donors (Lipinski definition) is 1. The van der Waals surface area contributed by atoms with Crippen molar-refractivity contribution in [2.45, 2.75) is 19.4 Å². The maximum absolute atomic E-state index is 12.6. The number of anilines is 1. The topological polar surface area (TPSA) is 75.7 Å². The highest BCUT2D eigenvalue weighted by molar-refractivity contribution is 7.92. The van der Waals surface area contributed by atoms with E-state index >= 15 is 0 Å². The molecule has 1 amide bonds. The molecule has 27 heavy (non-hydrogen) atoms. The maximum atomic E-state index is 12.6. The van der Waals surface area contributed by atoms with Crippen LogP contribution in [0.1, 0.15) is 13.3 Å². The molecule has 0 aliphatic carbocycles. The largest absolute Gasteiger partial charge is 0.492 e. The highest BCUT2D eigenvalue weighted by atomic mass is 35.5. The number of benzene rings is 2. The van der Waals surface area contributed by atoms with E-state index in [0.717, 1.165) is 10.6 Å². The van der Waals surface area contributed by atoms with Crippen molar-refractivity contribution in [1.82, 2.24) is 5.32 Å². The van der Waals surface area contributed by atoms with Crippen LogP contribution in [0, 0.1) is 0 Å². The summed E-state index contributed by atoms with van der Waals surface area (Å²) in [6.45, 7) is 2.31. The van der Waals surface area contributed by atoms with Gasteiger partial charge in [0.2, 0.25) is 15.9 Å². The number of para-hydroxylation sites is 1. The Kier molecular flexibility index (Phi) is 7.50. The van der Waals surface area contributed by atoms with Gasteiger partial charge in [-0.25, -0.2) is 8.42 Å². The zero-order valence-electron chi connectivity index (χ0n) is 15.3. The van der Waals surface area contributed by atoms with Crippen LogP contribution < -0.4 is 14.4 Å². The van der Waals surface area contributed by atoms with Crippen LogP contribution in [0.5, 0.6) is 5.75 Å². The van der Waals surface area contributed by atoms with Gasteiger partial charge in [-0.3, -0.25) is 9.10 Å². The first kappa shape index (κ1) is 21.1. The van der Waals surface area contributed by atoms with Crippen molar-refractivity contribution in [3.05, 3.63) is 59.6 Å². The standard InChI is InChI=1S/C19H23ClN2O4S/c1-3-18(19(23)21-13-14-26-17-7-5-4-6-8-17)22(27(2,24)25)16-11-9-15(20)10-12-16/h4-12,18H,3,13-14H2,1-2H3,(H,21,23)/t18-/m0/s1. The van der Waals surface area contributed by atoms with Gasteiger partial charge in [0.05, 0.1) is 18.5 Å². The lowest BCUT2D eigenvalue weighted by Gasteiger charge is -2.30. The number of rotatable bonds is 9. The molecule has 0 fully saturated rings. The van der Waals surface area contributed by atoms with E-state index in [1.165, 1.54) is 0 Å². The van der Waals surface area contributed by atoms with Gasteiger partial charge in [-0.2, -0.15) is 0 Å². The zero-order valence-corrected chi connectivity index (χ0v) is 16.8. The molecule has 0 aromatic heterocycles. The SMILES string of the molecule is CC[C@@H](C(=O)NCCOc1ccccc1)N(c1ccc(Cl)cc1)S(C)(=O)=O. The second kappa shape index (κ2) is 9.62. The van der Waals surface area contributed by atoms with E-state index in [0.29, 0.717) is 22.9 Å². The lowest BCUT2D eigenvalue weighted by atomic mass is 10.2. The lowest BCUT2D eigenvalue weighted by molar-refractivity contribution is -0.122. The van der Waals surface area contributed by atoms with Gasteiger partial charge in [-0.1, -0.05) is 36.7 Å². The monoisotopic (exact) mass is 410 g/mol. The summed E-state index contributed by atoms with van der Waals surface area (Å²) in [5.74, 6) is 0.326. The summed E-state index contributed by atoms with van der Waals surface area (Å²) in [7, 11) is -3.66. The van der Waals surface area contributed by atoms with E-state index in [1.807, 2.05) is 30.3 Å². The molecule has 2 rings (SSSR count). The molecule has 0 heterocycles. The molecule has 1 atom stereocenters. The van der Waals surface area contributed by atoms with Crippen molar-refractivity contribution in [3.63, 3.8) is 0 Å². The van der Waals surface area contributed by atoms with Crippen molar-refractivity contribution in [3.8, 4) is 5.75 Å². The molecule has 0 spiro atoms. The number of hydrogen-bond acceptors (Lipinski definition) is 4. The van der Waals surface area contributed by atoms with Gasteiger partial charge in [-0.05, 0) is 42.8 Å². The molecular weight excluding hydrogens is 388 g/mol. The Balaban J connectivity index is 2.04. The number of ether oxygens (including phenoxy) is 1. The Hall–Kier alpha value is -2.25. The molecule has 0 unspecified atom stereocenters. The highest BCUT2D eigenvalue weighted by Gasteiger charge is 2.31. The molecule has 0 saturated heterocycles. The van der Waals surface area contributed by atoms with Crippen LogP contribution in [-0.4, -0.2) is 39.8 Å². The smallest absolute Gasteiger partial charge is 0.244 e. The van der Waals surface area contributed by atoms with Crippen LogP contribution in [0.2, 0.25) is 5.02 Å². The van der Waals surface area contributed by atoms with E-state index in [9.17, 15) is 13.2 Å². The minimum Gasteiger partial charge on any atom is -0.492 e. The third-order valence-corrected chi connectivity index (χ3v) is 5.26. The third-order valence-electron chi connectivity index (χ3n) is 3.82. The Bertz CT molecular complexity index is 842. The number of carbonyl (C=O) groups is 1. The van der Waals surface area contributed by atoms with Crippen molar-refractivity contribution in [2.24, 2.45) is 0 Å². The number of halogens is 1. The fourth-order valence-corrected chi connectivity index (χ4v) is 3.96. The minimum atomic E-state index is -3.66. The van der Waals surface area contributed by atoms with Crippen LogP contribution in [0.25, 0.3) is 0 Å².